The Bertz CT molecular complexity index is 1160. The fourth-order valence-corrected chi connectivity index (χ4v) is 6.07. The van der Waals surface area contributed by atoms with Gasteiger partial charge in [0.25, 0.3) is 0 Å². The lowest BCUT2D eigenvalue weighted by Crippen LogP contribution is -2.52. The molecule has 2 aromatic rings. The van der Waals surface area contributed by atoms with E-state index in [-0.39, 0.29) is 24.5 Å². The molecule has 4 rings (SSSR count). The molecule has 2 heterocycles. The Morgan fingerprint density at radius 2 is 2.00 bits per heavy atom. The Hall–Kier alpha value is -2.72. The number of ketones is 1. The normalized spacial score (nSPS) is 23.4. The first-order chi connectivity index (χ1) is 16.5. The smallest absolute Gasteiger partial charge is 0.317 e. The van der Waals surface area contributed by atoms with Crippen LogP contribution in [0.2, 0.25) is 5.02 Å². The van der Waals surface area contributed by atoms with Crippen molar-refractivity contribution >= 4 is 23.4 Å². The van der Waals surface area contributed by atoms with Crippen molar-refractivity contribution in [2.45, 2.75) is 83.2 Å². The van der Waals surface area contributed by atoms with Crippen LogP contribution in [0.5, 0.6) is 0 Å². The Morgan fingerprint density at radius 1 is 1.29 bits per heavy atom. The van der Waals surface area contributed by atoms with Crippen LogP contribution >= 0.6 is 11.6 Å². The van der Waals surface area contributed by atoms with Gasteiger partial charge in [-0.2, -0.15) is 10.4 Å². The molecule has 0 amide bonds. The highest BCUT2D eigenvalue weighted by molar-refractivity contribution is 6.31. The number of Topliss-reactive ketones (excluding diaryl/α,β-unsaturated/α-hetero) is 1. The van der Waals surface area contributed by atoms with Crippen LogP contribution in [0.3, 0.4) is 0 Å². The Morgan fingerprint density at radius 3 is 2.57 bits per heavy atom. The third kappa shape index (κ3) is 5.13. The van der Waals surface area contributed by atoms with Crippen LogP contribution in [0, 0.1) is 30.1 Å². The monoisotopic (exact) mass is 496 g/mol. The van der Waals surface area contributed by atoms with Gasteiger partial charge < -0.3 is 4.74 Å². The highest BCUT2D eigenvalue weighted by Crippen LogP contribution is 2.45. The fourth-order valence-electron chi connectivity index (χ4n) is 5.63. The van der Waals surface area contributed by atoms with E-state index < -0.39 is 22.9 Å². The molecule has 2 fully saturated rings. The second-order valence-electron chi connectivity index (χ2n) is 10.6. The third-order valence-electron chi connectivity index (χ3n) is 7.72. The molecule has 1 aliphatic carbocycles. The van der Waals surface area contributed by atoms with Gasteiger partial charge in [0.2, 0.25) is 0 Å². The molecule has 35 heavy (non-hydrogen) atoms. The van der Waals surface area contributed by atoms with Gasteiger partial charge in [0, 0.05) is 24.9 Å². The quantitative estimate of drug-likeness (QED) is 0.403. The van der Waals surface area contributed by atoms with Crippen LogP contribution in [0.15, 0.2) is 18.2 Å². The highest BCUT2D eigenvalue weighted by Gasteiger charge is 2.51. The van der Waals surface area contributed by atoms with E-state index in [0.717, 1.165) is 36.8 Å². The first-order valence-corrected chi connectivity index (χ1v) is 12.7. The number of carbonyl (C=O) groups excluding carboxylic acids is 2. The zero-order chi connectivity index (χ0) is 25.4. The number of ether oxygens (including phenoxy) is 1. The van der Waals surface area contributed by atoms with E-state index in [1.54, 1.807) is 18.7 Å². The summed E-state index contributed by atoms with van der Waals surface area (Å²) < 4.78 is 7.83. The van der Waals surface area contributed by atoms with E-state index in [9.17, 15) is 14.9 Å². The Kier molecular flexibility index (Phi) is 7.06. The summed E-state index contributed by atoms with van der Waals surface area (Å²) in [5.41, 5.74) is 0.332. The van der Waals surface area contributed by atoms with Crippen molar-refractivity contribution in [3.8, 4) is 6.07 Å². The molecule has 1 aromatic carbocycles. The summed E-state index contributed by atoms with van der Waals surface area (Å²) in [4.78, 5) is 30.9. The number of carbonyl (C=O) groups is 2. The molecule has 186 valence electrons. The molecule has 0 bridgehead atoms. The standard InChI is InChI=1S/C27H33ClN4O3/c1-17-30-24(32(4)31-17)14-20-23(33)15-27(35-25(20)34,19-7-5-6-8-19)12-11-18-9-10-21(22(28)13-18)26(2,3)16-29/h9-10,13,19-20H,5-8,11-12,14-15H2,1-4H3. The number of hydrogen-bond acceptors (Lipinski definition) is 6. The number of nitrogens with zero attached hydrogens (tertiary/aromatic N) is 4. The van der Waals surface area contributed by atoms with Gasteiger partial charge in [0.05, 0.1) is 11.5 Å². The van der Waals surface area contributed by atoms with E-state index in [0.29, 0.717) is 29.5 Å². The zero-order valence-corrected chi connectivity index (χ0v) is 21.7. The van der Waals surface area contributed by atoms with Crippen LogP contribution in [0.4, 0.5) is 0 Å². The van der Waals surface area contributed by atoms with Gasteiger partial charge in [-0.15, -0.1) is 0 Å². The second kappa shape index (κ2) is 9.73. The number of rotatable bonds is 7. The number of esters is 1. The first-order valence-electron chi connectivity index (χ1n) is 12.4. The lowest BCUT2D eigenvalue weighted by Gasteiger charge is -2.43. The summed E-state index contributed by atoms with van der Waals surface area (Å²) in [6.07, 6.45) is 5.75. The maximum atomic E-state index is 13.3. The summed E-state index contributed by atoms with van der Waals surface area (Å²) in [5.74, 6) is 0.0498. The predicted octanol–water partition coefficient (Wildman–Crippen LogP) is 4.81. The van der Waals surface area contributed by atoms with Crippen LogP contribution in [0.25, 0.3) is 0 Å². The molecule has 1 saturated heterocycles. The molecule has 1 saturated carbocycles. The summed E-state index contributed by atoms with van der Waals surface area (Å²) in [5, 5.41) is 14.2. The van der Waals surface area contributed by atoms with Crippen molar-refractivity contribution in [1.29, 1.82) is 5.26 Å². The van der Waals surface area contributed by atoms with Crippen LogP contribution < -0.4 is 0 Å². The third-order valence-corrected chi connectivity index (χ3v) is 8.03. The summed E-state index contributed by atoms with van der Waals surface area (Å²) in [7, 11) is 1.77. The van der Waals surface area contributed by atoms with Crippen LogP contribution in [0.1, 0.15) is 75.1 Å². The zero-order valence-electron chi connectivity index (χ0n) is 20.9. The molecular formula is C27H33ClN4O3. The van der Waals surface area contributed by atoms with E-state index >= 15 is 0 Å². The topological polar surface area (TPSA) is 97.9 Å². The molecule has 2 aliphatic rings. The molecule has 2 unspecified atom stereocenters. The average molecular weight is 497 g/mol. The number of cyclic esters (lactones) is 1. The SMILES string of the molecule is Cc1nc(CC2C(=O)CC(CCc3ccc(C(C)(C)C#N)c(Cl)c3)(C3CCCC3)OC2=O)n(C)n1. The molecule has 1 aromatic heterocycles. The van der Waals surface area contributed by atoms with Gasteiger partial charge in [0.1, 0.15) is 23.2 Å². The van der Waals surface area contributed by atoms with Crippen molar-refractivity contribution in [3.63, 3.8) is 0 Å². The Labute approximate surface area is 211 Å². The predicted molar refractivity (Wildman–Crippen MR) is 132 cm³/mol. The number of hydrogen-bond donors (Lipinski definition) is 0. The fraction of sp³-hybridized carbons (Fsp3) is 0.593. The van der Waals surface area contributed by atoms with Gasteiger partial charge >= 0.3 is 5.97 Å². The summed E-state index contributed by atoms with van der Waals surface area (Å²) in [6.45, 7) is 5.47. The molecule has 1 aliphatic heterocycles. The minimum Gasteiger partial charge on any atom is -0.458 e. The van der Waals surface area contributed by atoms with E-state index in [2.05, 4.69) is 16.2 Å². The van der Waals surface area contributed by atoms with Gasteiger partial charge in [-0.05, 0) is 69.6 Å². The van der Waals surface area contributed by atoms with Crippen LogP contribution in [-0.4, -0.2) is 32.1 Å². The van der Waals surface area contributed by atoms with Crippen molar-refractivity contribution in [3.05, 3.63) is 46.0 Å². The minimum atomic E-state index is -0.839. The molecule has 0 N–H and O–H groups in total. The molecule has 7 nitrogen and oxygen atoms in total. The lowest BCUT2D eigenvalue weighted by atomic mass is 9.73. The van der Waals surface area contributed by atoms with Gasteiger partial charge in [-0.1, -0.05) is 36.6 Å². The van der Waals surface area contributed by atoms with Crippen molar-refractivity contribution in [1.82, 2.24) is 14.8 Å². The Balaban J connectivity index is 1.53. The molecule has 8 heteroatoms. The van der Waals surface area contributed by atoms with Crippen molar-refractivity contribution < 1.29 is 14.3 Å². The van der Waals surface area contributed by atoms with E-state index in [1.165, 1.54) is 0 Å². The number of aromatic nitrogens is 3. The maximum Gasteiger partial charge on any atom is 0.317 e. The van der Waals surface area contributed by atoms with Gasteiger partial charge in [-0.25, -0.2) is 4.98 Å². The molecular weight excluding hydrogens is 464 g/mol. The number of benzene rings is 1. The van der Waals surface area contributed by atoms with Gasteiger partial charge in [-0.3, -0.25) is 14.3 Å². The molecule has 2 atom stereocenters. The van der Waals surface area contributed by atoms with E-state index in [1.807, 2.05) is 32.0 Å². The molecule has 0 spiro atoms. The largest absolute Gasteiger partial charge is 0.458 e. The minimum absolute atomic E-state index is 0.0713. The summed E-state index contributed by atoms with van der Waals surface area (Å²) >= 11 is 6.53. The lowest BCUT2D eigenvalue weighted by molar-refractivity contribution is -0.185. The van der Waals surface area contributed by atoms with Gasteiger partial charge in [0.15, 0.2) is 5.78 Å². The highest BCUT2D eigenvalue weighted by atomic mass is 35.5. The van der Waals surface area contributed by atoms with E-state index in [4.69, 9.17) is 16.3 Å². The molecule has 0 radical (unpaired) electrons. The first kappa shape index (κ1) is 25.4. The van der Waals surface area contributed by atoms with Crippen molar-refractivity contribution in [2.75, 3.05) is 0 Å². The van der Waals surface area contributed by atoms with Crippen molar-refractivity contribution in [2.24, 2.45) is 18.9 Å². The number of aryl methyl sites for hydroxylation is 3. The maximum absolute atomic E-state index is 13.3. The second-order valence-corrected chi connectivity index (χ2v) is 11.0. The average Bonchev–Trinajstić information content (AvgIpc) is 3.45. The summed E-state index contributed by atoms with van der Waals surface area (Å²) in [6, 6.07) is 8.07. The number of nitriles is 1. The van der Waals surface area contributed by atoms with Crippen LogP contribution in [-0.2, 0) is 39.6 Å². The number of halogens is 1.